The minimum Gasteiger partial charge on any atom is -0.618 e. The Morgan fingerprint density at radius 2 is 2.14 bits per heavy atom. The Bertz CT molecular complexity index is 693. The van der Waals surface area contributed by atoms with Crippen molar-refractivity contribution in [1.82, 2.24) is 0 Å². The van der Waals surface area contributed by atoms with Crippen molar-refractivity contribution in [2.45, 2.75) is 11.4 Å². The lowest BCUT2D eigenvalue weighted by atomic mass is 10.2. The molecule has 1 aromatic heterocycles. The second-order valence-corrected chi connectivity index (χ2v) is 5.69. The number of carbonyl (C=O) groups excluding carboxylic acids is 1. The van der Waals surface area contributed by atoms with Crippen LogP contribution in [0.4, 0.5) is 5.69 Å². The maximum atomic E-state index is 11.9. The number of pyridine rings is 1. The predicted molar refractivity (Wildman–Crippen MR) is 81.9 cm³/mol. The minimum atomic E-state index is -0.111. The van der Waals surface area contributed by atoms with Crippen molar-refractivity contribution < 1.29 is 19.0 Å². The summed E-state index contributed by atoms with van der Waals surface area (Å²) in [6.45, 7) is 0.204. The molecule has 0 unspecified atom stereocenters. The molecule has 22 heavy (non-hydrogen) atoms. The number of benzene rings is 1. The van der Waals surface area contributed by atoms with Crippen LogP contribution in [0.1, 0.15) is 6.42 Å². The number of fused-ring (bicyclic) bond motifs is 1. The van der Waals surface area contributed by atoms with Gasteiger partial charge in [-0.1, -0.05) is 11.8 Å². The third-order valence-corrected chi connectivity index (χ3v) is 4.04. The molecule has 0 aliphatic carbocycles. The molecule has 0 fully saturated rings. The molecule has 2 heterocycles. The standard InChI is InChI=1S/C15H14N2O4S/c18-14(6-8-22-15-3-1-2-7-17(15)19)16-11-4-5-12-13(9-11)21-10-20-12/h1-5,7,9H,6,8,10H2,(H,16,18). The largest absolute Gasteiger partial charge is 0.618 e. The fraction of sp³-hybridized carbons (Fsp3) is 0.200. The van der Waals surface area contributed by atoms with E-state index in [2.05, 4.69) is 5.32 Å². The van der Waals surface area contributed by atoms with Gasteiger partial charge in [0.25, 0.3) is 5.03 Å². The molecule has 7 heteroatoms. The predicted octanol–water partition coefficient (Wildman–Crippen LogP) is 2.17. The molecule has 0 saturated heterocycles. The van der Waals surface area contributed by atoms with E-state index in [0.717, 1.165) is 4.73 Å². The first-order chi connectivity index (χ1) is 10.7. The average molecular weight is 318 g/mol. The summed E-state index contributed by atoms with van der Waals surface area (Å²) in [4.78, 5) is 11.9. The van der Waals surface area contributed by atoms with Gasteiger partial charge in [-0.3, -0.25) is 4.79 Å². The van der Waals surface area contributed by atoms with Crippen LogP contribution < -0.4 is 19.5 Å². The van der Waals surface area contributed by atoms with Crippen LogP contribution in [0.3, 0.4) is 0 Å². The lowest BCUT2D eigenvalue weighted by Crippen LogP contribution is -2.27. The van der Waals surface area contributed by atoms with Crippen LogP contribution >= 0.6 is 11.8 Å². The zero-order valence-electron chi connectivity index (χ0n) is 11.7. The van der Waals surface area contributed by atoms with Gasteiger partial charge < -0.3 is 20.0 Å². The van der Waals surface area contributed by atoms with Crippen LogP contribution in [-0.4, -0.2) is 18.5 Å². The van der Waals surface area contributed by atoms with Gasteiger partial charge in [0, 0.05) is 36.1 Å². The minimum absolute atomic E-state index is 0.111. The second kappa shape index (κ2) is 6.57. The van der Waals surface area contributed by atoms with E-state index in [0.29, 0.717) is 34.4 Å². The molecule has 0 radical (unpaired) electrons. The molecule has 3 rings (SSSR count). The van der Waals surface area contributed by atoms with Gasteiger partial charge in [0.05, 0.1) is 0 Å². The average Bonchev–Trinajstić information content (AvgIpc) is 2.97. The van der Waals surface area contributed by atoms with Crippen molar-refractivity contribution in [3.63, 3.8) is 0 Å². The Hall–Kier alpha value is -2.41. The summed E-state index contributed by atoms with van der Waals surface area (Å²) in [5.41, 5.74) is 0.665. The van der Waals surface area contributed by atoms with Gasteiger partial charge in [-0.15, -0.1) is 0 Å². The fourth-order valence-corrected chi connectivity index (χ4v) is 2.83. The quantitative estimate of drug-likeness (QED) is 0.519. The molecular formula is C15H14N2O4S. The number of rotatable bonds is 5. The van der Waals surface area contributed by atoms with E-state index in [4.69, 9.17) is 9.47 Å². The van der Waals surface area contributed by atoms with E-state index in [-0.39, 0.29) is 12.7 Å². The Morgan fingerprint density at radius 1 is 1.27 bits per heavy atom. The van der Waals surface area contributed by atoms with Crippen LogP contribution in [0, 0.1) is 5.21 Å². The van der Waals surface area contributed by atoms with Crippen molar-refractivity contribution in [3.05, 3.63) is 47.8 Å². The molecule has 1 aromatic carbocycles. The molecular weight excluding hydrogens is 304 g/mol. The zero-order chi connectivity index (χ0) is 15.4. The molecule has 1 amide bonds. The molecule has 0 saturated carbocycles. The highest BCUT2D eigenvalue weighted by atomic mass is 32.2. The summed E-state index contributed by atoms with van der Waals surface area (Å²) in [7, 11) is 0. The molecule has 1 aliphatic heterocycles. The Balaban J connectivity index is 1.49. The fourth-order valence-electron chi connectivity index (χ4n) is 1.97. The number of thioether (sulfide) groups is 1. The van der Waals surface area contributed by atoms with Crippen molar-refractivity contribution in [3.8, 4) is 11.5 Å². The number of hydrogen-bond donors (Lipinski definition) is 1. The number of amides is 1. The lowest BCUT2D eigenvalue weighted by Gasteiger charge is -2.06. The Kier molecular flexibility index (Phi) is 4.34. The smallest absolute Gasteiger partial charge is 0.251 e. The maximum Gasteiger partial charge on any atom is 0.251 e. The summed E-state index contributed by atoms with van der Waals surface area (Å²) in [6, 6.07) is 10.5. The van der Waals surface area contributed by atoms with Gasteiger partial charge in [-0.2, -0.15) is 4.73 Å². The first kappa shape index (κ1) is 14.5. The molecule has 114 valence electrons. The molecule has 6 nitrogen and oxygen atoms in total. The van der Waals surface area contributed by atoms with Gasteiger partial charge in [0.15, 0.2) is 17.7 Å². The first-order valence-electron chi connectivity index (χ1n) is 6.73. The summed E-state index contributed by atoms with van der Waals surface area (Å²) in [6.07, 6.45) is 1.75. The van der Waals surface area contributed by atoms with Crippen LogP contribution in [0.5, 0.6) is 11.5 Å². The van der Waals surface area contributed by atoms with Crippen molar-refractivity contribution in [2.75, 3.05) is 17.9 Å². The third-order valence-electron chi connectivity index (χ3n) is 3.02. The van der Waals surface area contributed by atoms with Crippen LogP contribution in [0.15, 0.2) is 47.6 Å². The highest BCUT2D eigenvalue weighted by Crippen LogP contribution is 2.34. The highest BCUT2D eigenvalue weighted by molar-refractivity contribution is 7.99. The number of carbonyl (C=O) groups is 1. The number of aromatic nitrogens is 1. The third kappa shape index (κ3) is 3.43. The first-order valence-corrected chi connectivity index (χ1v) is 7.71. The SMILES string of the molecule is O=C(CCSc1cccc[n+]1[O-])Nc1ccc2c(c1)OCO2. The topological polar surface area (TPSA) is 74.5 Å². The molecule has 0 atom stereocenters. The van der Waals surface area contributed by atoms with Crippen molar-refractivity contribution >= 4 is 23.4 Å². The van der Waals surface area contributed by atoms with Gasteiger partial charge in [0.2, 0.25) is 12.7 Å². The molecule has 0 spiro atoms. The van der Waals surface area contributed by atoms with Gasteiger partial charge >= 0.3 is 0 Å². The number of ether oxygens (including phenoxy) is 2. The van der Waals surface area contributed by atoms with Crippen molar-refractivity contribution in [1.29, 1.82) is 0 Å². The molecule has 1 N–H and O–H groups in total. The van der Waals surface area contributed by atoms with E-state index in [1.807, 2.05) is 0 Å². The normalized spacial score (nSPS) is 12.2. The van der Waals surface area contributed by atoms with E-state index in [1.165, 1.54) is 18.0 Å². The van der Waals surface area contributed by atoms with E-state index < -0.39 is 0 Å². The summed E-state index contributed by atoms with van der Waals surface area (Å²) < 4.78 is 11.3. The van der Waals surface area contributed by atoms with Gasteiger partial charge in [0.1, 0.15) is 0 Å². The molecule has 2 aromatic rings. The van der Waals surface area contributed by atoms with Crippen LogP contribution in [0.25, 0.3) is 0 Å². The van der Waals surface area contributed by atoms with Crippen LogP contribution in [-0.2, 0) is 4.79 Å². The van der Waals surface area contributed by atoms with E-state index >= 15 is 0 Å². The van der Waals surface area contributed by atoms with Crippen LogP contribution in [0.2, 0.25) is 0 Å². The summed E-state index contributed by atoms with van der Waals surface area (Å²) >= 11 is 1.35. The van der Waals surface area contributed by atoms with E-state index in [1.54, 1.807) is 36.4 Å². The number of nitrogens with zero attached hydrogens (tertiary/aromatic N) is 1. The second-order valence-electron chi connectivity index (χ2n) is 4.58. The van der Waals surface area contributed by atoms with Gasteiger partial charge in [-0.25, -0.2) is 0 Å². The maximum absolute atomic E-state index is 11.9. The molecule has 1 aliphatic rings. The number of nitrogens with one attached hydrogen (secondary N) is 1. The summed E-state index contributed by atoms with van der Waals surface area (Å²) in [5, 5.41) is 14.8. The van der Waals surface area contributed by atoms with E-state index in [9.17, 15) is 10.0 Å². The lowest BCUT2D eigenvalue weighted by molar-refractivity contribution is -0.645. The highest BCUT2D eigenvalue weighted by Gasteiger charge is 2.14. The zero-order valence-corrected chi connectivity index (χ0v) is 12.5. The Morgan fingerprint density at radius 3 is 3.00 bits per heavy atom. The number of hydrogen-bond acceptors (Lipinski definition) is 5. The molecule has 0 bridgehead atoms. The number of anilines is 1. The Labute approximate surface area is 131 Å². The summed E-state index contributed by atoms with van der Waals surface area (Å²) in [5.74, 6) is 1.73. The van der Waals surface area contributed by atoms with Gasteiger partial charge in [-0.05, 0) is 18.2 Å². The monoisotopic (exact) mass is 318 g/mol. The van der Waals surface area contributed by atoms with Crippen molar-refractivity contribution in [2.24, 2.45) is 0 Å².